The van der Waals surface area contributed by atoms with Crippen LogP contribution in [-0.2, 0) is 0 Å². The van der Waals surface area contributed by atoms with E-state index in [0.717, 1.165) is 44.2 Å². The Morgan fingerprint density at radius 2 is 1.74 bits per heavy atom. The summed E-state index contributed by atoms with van der Waals surface area (Å²) >= 11 is 12.3. The van der Waals surface area contributed by atoms with Gasteiger partial charge >= 0.3 is 0 Å². The molecule has 0 spiro atoms. The number of nitrogens with zero attached hydrogens (tertiary/aromatic N) is 2. The van der Waals surface area contributed by atoms with Crippen molar-refractivity contribution in [3.8, 4) is 11.1 Å². The van der Waals surface area contributed by atoms with Crippen molar-refractivity contribution in [3.05, 3.63) is 58.1 Å². The Balaban J connectivity index is 2.14. The zero-order valence-electron chi connectivity index (χ0n) is 12.6. The summed E-state index contributed by atoms with van der Waals surface area (Å²) in [7, 11) is 0. The Hall–Kier alpha value is -2.10. The molecular weight excluding hydrogens is 329 g/mol. The monoisotopic (exact) mass is 341 g/mol. The van der Waals surface area contributed by atoms with Crippen molar-refractivity contribution < 1.29 is 0 Å². The number of rotatable bonds is 1. The normalized spacial score (nSPS) is 11.5. The topological polar surface area (TPSA) is 41.6 Å². The zero-order valence-corrected chi connectivity index (χ0v) is 14.1. The molecule has 0 atom stereocenters. The molecular formula is C18H13Cl2N3. The number of halogens is 2. The first-order chi connectivity index (χ1) is 11.0. The molecule has 4 rings (SSSR count). The largest absolute Gasteiger partial charge is 0.353 e. The third kappa shape index (κ3) is 2.28. The van der Waals surface area contributed by atoms with Crippen LogP contribution in [0.25, 0.3) is 32.9 Å². The van der Waals surface area contributed by atoms with Gasteiger partial charge in [0, 0.05) is 28.1 Å². The van der Waals surface area contributed by atoms with E-state index >= 15 is 0 Å². The summed E-state index contributed by atoms with van der Waals surface area (Å²) < 4.78 is 0. The van der Waals surface area contributed by atoms with Gasteiger partial charge in [-0.15, -0.1) is 0 Å². The molecule has 0 radical (unpaired) electrons. The molecule has 0 bridgehead atoms. The molecule has 3 aromatic heterocycles. The molecule has 0 saturated carbocycles. The summed E-state index contributed by atoms with van der Waals surface area (Å²) in [5.74, 6) is 0. The number of aryl methyl sites for hydroxylation is 2. The lowest BCUT2D eigenvalue weighted by Gasteiger charge is -2.07. The van der Waals surface area contributed by atoms with Gasteiger partial charge in [-0.1, -0.05) is 23.2 Å². The number of hydrogen-bond donors (Lipinski definition) is 1. The minimum atomic E-state index is 0.388. The van der Waals surface area contributed by atoms with Crippen molar-refractivity contribution in [2.24, 2.45) is 0 Å². The molecule has 3 nitrogen and oxygen atoms in total. The van der Waals surface area contributed by atoms with Crippen LogP contribution in [0.1, 0.15) is 11.3 Å². The molecule has 4 aromatic rings. The van der Waals surface area contributed by atoms with Gasteiger partial charge in [0.1, 0.15) is 10.3 Å². The summed E-state index contributed by atoms with van der Waals surface area (Å²) in [6.07, 6.45) is 1.84. The van der Waals surface area contributed by atoms with Crippen LogP contribution in [0.5, 0.6) is 0 Å². The van der Waals surface area contributed by atoms with Gasteiger partial charge in [-0.3, -0.25) is 4.98 Å². The van der Waals surface area contributed by atoms with Crippen molar-refractivity contribution in [1.29, 1.82) is 0 Å². The summed E-state index contributed by atoms with van der Waals surface area (Å²) in [6, 6.07) is 9.98. The zero-order chi connectivity index (χ0) is 16.1. The molecule has 5 heteroatoms. The molecule has 1 aromatic carbocycles. The summed E-state index contributed by atoms with van der Waals surface area (Å²) in [4.78, 5) is 12.0. The highest BCUT2D eigenvalue weighted by atomic mass is 35.5. The van der Waals surface area contributed by atoms with Crippen molar-refractivity contribution in [1.82, 2.24) is 15.0 Å². The van der Waals surface area contributed by atoms with Crippen LogP contribution in [0.4, 0.5) is 0 Å². The first-order valence-electron chi connectivity index (χ1n) is 7.24. The second-order valence-corrected chi connectivity index (χ2v) is 6.40. The number of nitrogens with one attached hydrogen (secondary N) is 1. The van der Waals surface area contributed by atoms with Gasteiger partial charge in [0.15, 0.2) is 0 Å². The maximum Gasteiger partial charge on any atom is 0.138 e. The Labute approximate surface area is 143 Å². The molecule has 3 heterocycles. The van der Waals surface area contributed by atoms with Crippen LogP contribution in [0.15, 0.2) is 36.5 Å². The van der Waals surface area contributed by atoms with E-state index in [1.807, 2.05) is 25.3 Å². The van der Waals surface area contributed by atoms with Gasteiger partial charge < -0.3 is 4.98 Å². The molecule has 0 unspecified atom stereocenters. The molecule has 0 amide bonds. The molecule has 0 fully saturated rings. The lowest BCUT2D eigenvalue weighted by Crippen LogP contribution is -1.87. The molecule has 0 saturated heterocycles. The van der Waals surface area contributed by atoms with Crippen molar-refractivity contribution in [3.63, 3.8) is 0 Å². The second-order valence-electron chi connectivity index (χ2n) is 5.65. The van der Waals surface area contributed by atoms with Gasteiger partial charge in [0.05, 0.1) is 16.7 Å². The van der Waals surface area contributed by atoms with Gasteiger partial charge in [0.25, 0.3) is 0 Å². The first kappa shape index (κ1) is 14.5. The Bertz CT molecular complexity index is 1070. The minimum absolute atomic E-state index is 0.388. The SMILES string of the molecule is Cc1cc(-c2ccc(Cl)nc2Cl)c2[nH]c3c(C)nccc3c2c1. The quantitative estimate of drug-likeness (QED) is 0.451. The number of benzene rings is 1. The van der Waals surface area contributed by atoms with Crippen LogP contribution < -0.4 is 0 Å². The predicted molar refractivity (Wildman–Crippen MR) is 96.3 cm³/mol. The maximum atomic E-state index is 6.32. The lowest BCUT2D eigenvalue weighted by molar-refractivity contribution is 1.22. The number of aromatic nitrogens is 3. The van der Waals surface area contributed by atoms with Crippen LogP contribution >= 0.6 is 23.2 Å². The molecule has 0 aliphatic heterocycles. The molecule has 114 valence electrons. The summed E-state index contributed by atoms with van der Waals surface area (Å²) in [5, 5.41) is 3.11. The highest BCUT2D eigenvalue weighted by Crippen LogP contribution is 2.37. The summed E-state index contributed by atoms with van der Waals surface area (Å²) in [6.45, 7) is 4.08. The fraction of sp³-hybridized carbons (Fsp3) is 0.111. The average molecular weight is 342 g/mol. The highest BCUT2D eigenvalue weighted by Gasteiger charge is 2.15. The standard InChI is InChI=1S/C18H13Cl2N3/c1-9-7-13-11-5-6-21-10(2)16(11)23-17(13)14(8-9)12-3-4-15(19)22-18(12)20/h3-8,23H,1-2H3. The van der Waals surface area contributed by atoms with Crippen LogP contribution in [0.3, 0.4) is 0 Å². The molecule has 0 aliphatic carbocycles. The number of H-pyrrole nitrogens is 1. The van der Waals surface area contributed by atoms with E-state index < -0.39 is 0 Å². The molecule has 1 N–H and O–H groups in total. The Morgan fingerprint density at radius 3 is 2.52 bits per heavy atom. The third-order valence-electron chi connectivity index (χ3n) is 4.07. The second kappa shape index (κ2) is 5.22. The fourth-order valence-electron chi connectivity index (χ4n) is 3.03. The van der Waals surface area contributed by atoms with E-state index in [2.05, 4.69) is 34.0 Å². The van der Waals surface area contributed by atoms with Crippen LogP contribution in [-0.4, -0.2) is 15.0 Å². The van der Waals surface area contributed by atoms with Gasteiger partial charge in [-0.05, 0) is 49.7 Å². The average Bonchev–Trinajstić information content (AvgIpc) is 2.87. The minimum Gasteiger partial charge on any atom is -0.353 e. The lowest BCUT2D eigenvalue weighted by atomic mass is 10.0. The number of fused-ring (bicyclic) bond motifs is 3. The number of aromatic amines is 1. The fourth-order valence-corrected chi connectivity index (χ4v) is 3.48. The van der Waals surface area contributed by atoms with E-state index in [-0.39, 0.29) is 0 Å². The predicted octanol–water partition coefficient (Wildman–Crippen LogP) is 5.70. The maximum absolute atomic E-state index is 6.32. The number of hydrogen-bond acceptors (Lipinski definition) is 2. The van der Waals surface area contributed by atoms with E-state index in [1.54, 1.807) is 6.07 Å². The van der Waals surface area contributed by atoms with Crippen LogP contribution in [0, 0.1) is 13.8 Å². The summed E-state index contributed by atoms with van der Waals surface area (Å²) in [5.41, 5.74) is 6.10. The van der Waals surface area contributed by atoms with E-state index in [9.17, 15) is 0 Å². The van der Waals surface area contributed by atoms with Crippen molar-refractivity contribution in [2.45, 2.75) is 13.8 Å². The van der Waals surface area contributed by atoms with E-state index in [1.165, 1.54) is 0 Å². The van der Waals surface area contributed by atoms with Crippen molar-refractivity contribution in [2.75, 3.05) is 0 Å². The van der Waals surface area contributed by atoms with E-state index in [0.29, 0.717) is 10.3 Å². The molecule has 0 aliphatic rings. The highest BCUT2D eigenvalue weighted by molar-refractivity contribution is 6.34. The Morgan fingerprint density at radius 1 is 0.913 bits per heavy atom. The van der Waals surface area contributed by atoms with Gasteiger partial charge in [-0.25, -0.2) is 4.98 Å². The van der Waals surface area contributed by atoms with Crippen LogP contribution in [0.2, 0.25) is 10.3 Å². The van der Waals surface area contributed by atoms with Crippen molar-refractivity contribution >= 4 is 45.0 Å². The smallest absolute Gasteiger partial charge is 0.138 e. The first-order valence-corrected chi connectivity index (χ1v) is 8.00. The molecule has 23 heavy (non-hydrogen) atoms. The van der Waals surface area contributed by atoms with Gasteiger partial charge in [-0.2, -0.15) is 0 Å². The van der Waals surface area contributed by atoms with E-state index in [4.69, 9.17) is 23.2 Å². The Kier molecular flexibility index (Phi) is 3.29. The number of pyridine rings is 2. The van der Waals surface area contributed by atoms with Gasteiger partial charge in [0.2, 0.25) is 0 Å². The third-order valence-corrected chi connectivity index (χ3v) is 4.57.